The third-order valence-corrected chi connectivity index (χ3v) is 6.91. The molecule has 1 unspecified atom stereocenters. The molecule has 0 aliphatic heterocycles. The molecule has 124 valence electrons. The summed E-state index contributed by atoms with van der Waals surface area (Å²) < 4.78 is 15.1. The zero-order chi connectivity index (χ0) is 16.9. The Kier molecular flexibility index (Phi) is 5.96. The van der Waals surface area contributed by atoms with Crippen LogP contribution in [0.25, 0.3) is 0 Å². The number of rotatable bonds is 6. The molecule has 1 atom stereocenters. The number of nitrogens with zero attached hydrogens (tertiary/aromatic N) is 2. The monoisotopic (exact) mass is 428 g/mol. The van der Waals surface area contributed by atoms with Crippen molar-refractivity contribution in [3.63, 3.8) is 0 Å². The molecule has 24 heavy (non-hydrogen) atoms. The van der Waals surface area contributed by atoms with Crippen molar-refractivity contribution in [1.82, 2.24) is 9.55 Å². The van der Waals surface area contributed by atoms with Gasteiger partial charge in [0.25, 0.3) is 0 Å². The number of hydrogen-bond donors (Lipinski definition) is 0. The summed E-state index contributed by atoms with van der Waals surface area (Å²) in [5, 5.41) is 2.23. The second-order valence-electron chi connectivity index (χ2n) is 5.35. The van der Waals surface area contributed by atoms with Gasteiger partial charge in [-0.25, -0.2) is 0 Å². The Morgan fingerprint density at radius 1 is 1.12 bits per heavy atom. The third-order valence-electron chi connectivity index (χ3n) is 3.61. The molecule has 0 aliphatic rings. The number of hydrogen-bond acceptors (Lipinski definition) is 1. The van der Waals surface area contributed by atoms with Crippen molar-refractivity contribution in [1.29, 1.82) is 0 Å². The van der Waals surface area contributed by atoms with Gasteiger partial charge in [-0.05, 0) is 0 Å². The van der Waals surface area contributed by atoms with E-state index in [1.54, 1.807) is 12.3 Å². The van der Waals surface area contributed by atoms with Crippen molar-refractivity contribution in [3.8, 4) is 0 Å². The van der Waals surface area contributed by atoms with Crippen LogP contribution in [-0.4, -0.2) is 24.5 Å². The summed E-state index contributed by atoms with van der Waals surface area (Å²) in [6.07, 6.45) is 5.53. The molecule has 0 N–H and O–H groups in total. The average Bonchev–Trinajstić information content (AvgIpc) is 3.06. The Hall–Kier alpha value is -1.32. The van der Waals surface area contributed by atoms with Crippen LogP contribution < -0.4 is 0 Å². The molecule has 2 nitrogen and oxygen atoms in total. The first kappa shape index (κ1) is 17.5. The Morgan fingerprint density at radius 2 is 1.92 bits per heavy atom. The maximum absolute atomic E-state index is 13.1. The van der Waals surface area contributed by atoms with Crippen LogP contribution in [0.15, 0.2) is 61.2 Å². The Labute approximate surface area is 156 Å². The molecule has 1 heterocycles. The zero-order valence-corrected chi connectivity index (χ0v) is 15.9. The topological polar surface area (TPSA) is 17.8 Å². The van der Waals surface area contributed by atoms with Gasteiger partial charge in [0, 0.05) is 0 Å². The number of halogens is 3. The summed E-state index contributed by atoms with van der Waals surface area (Å²) in [7, 11) is 0. The first-order chi connectivity index (χ1) is 11.6. The molecule has 0 radical (unpaired) electrons. The molecule has 0 aliphatic carbocycles. The standard InChI is InChI=1S/C18H15Cl2FN2Se/c19-14-3-6-16(17(20)9-14)18(10-23-8-7-22-12-23)24-11-13-1-4-15(21)5-2-13/h1-9,12,18H,10-11H2. The quantitative estimate of drug-likeness (QED) is 0.507. The third kappa shape index (κ3) is 4.61. The van der Waals surface area contributed by atoms with Crippen LogP contribution >= 0.6 is 23.2 Å². The molecule has 6 heteroatoms. The molecule has 1 aromatic heterocycles. The maximum atomic E-state index is 13.1. The van der Waals surface area contributed by atoms with Gasteiger partial charge in [0.15, 0.2) is 0 Å². The molecule has 0 amide bonds. The molecule has 0 saturated carbocycles. The van der Waals surface area contributed by atoms with Crippen LogP contribution in [0.5, 0.6) is 0 Å². The van der Waals surface area contributed by atoms with Crippen molar-refractivity contribution in [2.45, 2.75) is 16.7 Å². The van der Waals surface area contributed by atoms with E-state index < -0.39 is 0 Å². The van der Waals surface area contributed by atoms with Crippen molar-refractivity contribution in [2.24, 2.45) is 0 Å². The predicted octanol–water partition coefficient (Wildman–Crippen LogP) is 4.97. The van der Waals surface area contributed by atoms with E-state index in [-0.39, 0.29) is 25.6 Å². The van der Waals surface area contributed by atoms with Gasteiger partial charge in [-0.1, -0.05) is 0 Å². The fraction of sp³-hybridized carbons (Fsp3) is 0.167. The summed E-state index contributed by atoms with van der Waals surface area (Å²) in [6.45, 7) is 0.808. The average molecular weight is 428 g/mol. The molecule has 0 bridgehead atoms. The minimum atomic E-state index is -0.207. The van der Waals surface area contributed by atoms with Crippen LogP contribution in [0.2, 0.25) is 10.0 Å². The van der Waals surface area contributed by atoms with Crippen molar-refractivity contribution < 1.29 is 4.39 Å². The Bertz CT molecular complexity index is 791. The second-order valence-corrected chi connectivity index (χ2v) is 8.69. The van der Waals surface area contributed by atoms with E-state index in [2.05, 4.69) is 9.55 Å². The Balaban J connectivity index is 1.80. The van der Waals surface area contributed by atoms with E-state index in [0.717, 1.165) is 23.0 Å². The first-order valence-corrected chi connectivity index (χ1v) is 10.3. The first-order valence-electron chi connectivity index (χ1n) is 7.38. The van der Waals surface area contributed by atoms with Gasteiger partial charge in [-0.15, -0.1) is 0 Å². The van der Waals surface area contributed by atoms with Crippen molar-refractivity contribution in [3.05, 3.63) is 88.2 Å². The fourth-order valence-electron chi connectivity index (χ4n) is 2.37. The van der Waals surface area contributed by atoms with Gasteiger partial charge in [0.2, 0.25) is 0 Å². The van der Waals surface area contributed by atoms with E-state index in [1.165, 1.54) is 12.1 Å². The van der Waals surface area contributed by atoms with Crippen LogP contribution in [0.4, 0.5) is 4.39 Å². The molecule has 0 fully saturated rings. The molecular weight excluding hydrogens is 413 g/mol. The summed E-state index contributed by atoms with van der Waals surface area (Å²) in [5.74, 6) is -0.207. The summed E-state index contributed by atoms with van der Waals surface area (Å²) in [5.41, 5.74) is 2.23. The van der Waals surface area contributed by atoms with E-state index in [1.807, 2.05) is 36.8 Å². The summed E-state index contributed by atoms with van der Waals surface area (Å²) in [4.78, 5) is 4.39. The van der Waals surface area contributed by atoms with E-state index in [4.69, 9.17) is 23.2 Å². The van der Waals surface area contributed by atoms with Crippen LogP contribution in [0.3, 0.4) is 0 Å². The van der Waals surface area contributed by atoms with Gasteiger partial charge in [0.1, 0.15) is 0 Å². The summed E-state index contributed by atoms with van der Waals surface area (Å²) >= 11 is 12.7. The molecule has 0 saturated heterocycles. The molecule has 2 aromatic carbocycles. The number of imidazole rings is 1. The number of benzene rings is 2. The molecule has 0 spiro atoms. The van der Waals surface area contributed by atoms with Gasteiger partial charge in [-0.2, -0.15) is 0 Å². The Morgan fingerprint density at radius 3 is 2.58 bits per heavy atom. The second kappa shape index (κ2) is 8.17. The van der Waals surface area contributed by atoms with Gasteiger partial charge in [-0.3, -0.25) is 0 Å². The molecular formula is C18H15Cl2FN2Se. The van der Waals surface area contributed by atoms with Crippen molar-refractivity contribution >= 4 is 38.2 Å². The normalized spacial score (nSPS) is 12.3. The van der Waals surface area contributed by atoms with E-state index in [9.17, 15) is 4.39 Å². The SMILES string of the molecule is Fc1ccc(C[Se]C(Cn2ccnc2)c2ccc(Cl)cc2Cl)cc1. The molecule has 3 rings (SSSR count). The van der Waals surface area contributed by atoms with Gasteiger partial charge < -0.3 is 0 Å². The summed E-state index contributed by atoms with van der Waals surface area (Å²) in [6, 6.07) is 12.4. The van der Waals surface area contributed by atoms with Crippen LogP contribution in [-0.2, 0) is 11.9 Å². The van der Waals surface area contributed by atoms with E-state index >= 15 is 0 Å². The van der Waals surface area contributed by atoms with Gasteiger partial charge >= 0.3 is 157 Å². The zero-order valence-electron chi connectivity index (χ0n) is 12.7. The van der Waals surface area contributed by atoms with Crippen LogP contribution in [0, 0.1) is 5.82 Å². The number of aromatic nitrogens is 2. The minimum absolute atomic E-state index is 0.207. The molecule has 3 aromatic rings. The van der Waals surface area contributed by atoms with Gasteiger partial charge in [0.05, 0.1) is 0 Å². The van der Waals surface area contributed by atoms with E-state index in [0.29, 0.717) is 10.0 Å². The predicted molar refractivity (Wildman–Crippen MR) is 97.3 cm³/mol. The van der Waals surface area contributed by atoms with Crippen molar-refractivity contribution in [2.75, 3.05) is 0 Å². The van der Waals surface area contributed by atoms with Crippen LogP contribution in [0.1, 0.15) is 15.9 Å². The fourth-order valence-corrected chi connectivity index (χ4v) is 5.67.